The predicted molar refractivity (Wildman–Crippen MR) is 92.2 cm³/mol. The molecule has 0 aliphatic heterocycles. The Balaban J connectivity index is 2.66. The number of carbonyl (C=O) groups excluding carboxylic acids is 2. The van der Waals surface area contributed by atoms with Crippen LogP contribution in [0.3, 0.4) is 0 Å². The molecule has 0 heterocycles. The van der Waals surface area contributed by atoms with E-state index in [4.69, 9.17) is 9.84 Å². The number of hydrogen-bond donors (Lipinski definition) is 2. The van der Waals surface area contributed by atoms with Gasteiger partial charge in [0, 0.05) is 17.6 Å². The normalized spacial score (nSPS) is 11.1. The minimum atomic E-state index is -0.609. The maximum Gasteiger partial charge on any atom is 0.322 e. The summed E-state index contributed by atoms with van der Waals surface area (Å²) in [6.45, 7) is 5.05. The number of ether oxygens (including phenoxy) is 1. The fourth-order valence-electron chi connectivity index (χ4n) is 1.84. The maximum atomic E-state index is 13.8. The quantitative estimate of drug-likeness (QED) is 0.713. The second-order valence-electron chi connectivity index (χ2n) is 6.10. The molecule has 0 atom stereocenters. The lowest BCUT2D eigenvalue weighted by molar-refractivity contribution is -0.155. The molecule has 0 aliphatic carbocycles. The van der Waals surface area contributed by atoms with Crippen molar-refractivity contribution in [2.24, 2.45) is 0 Å². The number of anilines is 1. The van der Waals surface area contributed by atoms with Gasteiger partial charge >= 0.3 is 12.0 Å². The number of amides is 2. The number of rotatable bonds is 6. The maximum absolute atomic E-state index is 13.8. The van der Waals surface area contributed by atoms with Crippen molar-refractivity contribution < 1.29 is 23.8 Å². The van der Waals surface area contributed by atoms with Crippen molar-refractivity contribution in [1.82, 2.24) is 4.90 Å². The topological polar surface area (TPSA) is 78.9 Å². The first kappa shape index (κ1) is 20.4. The molecule has 8 heteroatoms. The number of nitrogens with one attached hydrogen (secondary N) is 1. The number of carbonyl (C=O) groups is 2. The summed E-state index contributed by atoms with van der Waals surface area (Å²) in [5.74, 6) is -1.04. The Morgan fingerprint density at radius 2 is 2.00 bits per heavy atom. The molecular weight excluding hydrogens is 383 g/mol. The Bertz CT molecular complexity index is 590. The van der Waals surface area contributed by atoms with Gasteiger partial charge in [-0.3, -0.25) is 4.79 Å². The molecule has 0 saturated carbocycles. The molecule has 134 valence electrons. The molecule has 6 nitrogen and oxygen atoms in total. The van der Waals surface area contributed by atoms with E-state index >= 15 is 0 Å². The van der Waals surface area contributed by atoms with Gasteiger partial charge < -0.3 is 20.1 Å². The van der Waals surface area contributed by atoms with E-state index in [2.05, 4.69) is 21.2 Å². The molecule has 0 unspecified atom stereocenters. The second kappa shape index (κ2) is 8.98. The van der Waals surface area contributed by atoms with Gasteiger partial charge in [0.05, 0.1) is 18.7 Å². The summed E-state index contributed by atoms with van der Waals surface area (Å²) in [5.41, 5.74) is -0.592. The lowest BCUT2D eigenvalue weighted by Gasteiger charge is -2.24. The third kappa shape index (κ3) is 7.27. The molecule has 0 aliphatic rings. The molecule has 24 heavy (non-hydrogen) atoms. The molecule has 0 bridgehead atoms. The molecule has 1 aromatic carbocycles. The third-order valence-electron chi connectivity index (χ3n) is 2.84. The monoisotopic (exact) mass is 404 g/mol. The fourth-order valence-corrected chi connectivity index (χ4v) is 2.17. The highest BCUT2D eigenvalue weighted by molar-refractivity contribution is 9.10. The van der Waals surface area contributed by atoms with Gasteiger partial charge in [-0.15, -0.1) is 0 Å². The van der Waals surface area contributed by atoms with E-state index < -0.39 is 23.4 Å². The molecule has 0 spiro atoms. The number of esters is 1. The first-order valence-corrected chi connectivity index (χ1v) is 8.25. The van der Waals surface area contributed by atoms with E-state index in [1.165, 1.54) is 17.0 Å². The molecule has 1 aromatic rings. The zero-order chi connectivity index (χ0) is 18.3. The van der Waals surface area contributed by atoms with Gasteiger partial charge in [-0.1, -0.05) is 15.9 Å². The van der Waals surface area contributed by atoms with Crippen LogP contribution in [-0.4, -0.2) is 47.3 Å². The lowest BCUT2D eigenvalue weighted by Crippen LogP contribution is -2.39. The van der Waals surface area contributed by atoms with Crippen LogP contribution in [0.25, 0.3) is 0 Å². The molecule has 0 aromatic heterocycles. The highest BCUT2D eigenvalue weighted by Gasteiger charge is 2.20. The van der Waals surface area contributed by atoms with Gasteiger partial charge in [0.2, 0.25) is 0 Å². The minimum absolute atomic E-state index is 0.0170. The van der Waals surface area contributed by atoms with Crippen molar-refractivity contribution >= 4 is 33.6 Å². The van der Waals surface area contributed by atoms with Gasteiger partial charge in [-0.05, 0) is 39.0 Å². The number of aliphatic hydroxyl groups excluding tert-OH is 1. The van der Waals surface area contributed by atoms with Crippen molar-refractivity contribution in [3.63, 3.8) is 0 Å². The van der Waals surface area contributed by atoms with Crippen molar-refractivity contribution in [2.45, 2.75) is 32.8 Å². The summed E-state index contributed by atoms with van der Waals surface area (Å²) in [6.07, 6.45) is -0.0203. The van der Waals surface area contributed by atoms with E-state index in [1.807, 2.05) is 0 Å². The summed E-state index contributed by atoms with van der Waals surface area (Å²) in [4.78, 5) is 25.2. The van der Waals surface area contributed by atoms with E-state index in [9.17, 15) is 14.0 Å². The number of nitrogens with zero attached hydrogens (tertiary/aromatic N) is 1. The minimum Gasteiger partial charge on any atom is -0.460 e. The number of benzene rings is 1. The molecule has 0 fully saturated rings. The van der Waals surface area contributed by atoms with Crippen molar-refractivity contribution in [1.29, 1.82) is 0 Å². The number of urea groups is 1. The number of hydrogen-bond acceptors (Lipinski definition) is 4. The third-order valence-corrected chi connectivity index (χ3v) is 3.33. The Kier molecular flexibility index (Phi) is 7.62. The summed E-state index contributed by atoms with van der Waals surface area (Å²) in [5, 5.41) is 11.5. The standard InChI is InChI=1S/C16H22BrFN2O4/c1-16(2,3)24-14(22)6-7-20(8-9-21)15(23)19-13-5-4-11(17)10-12(13)18/h4-5,10,21H,6-9H2,1-3H3,(H,19,23). The SMILES string of the molecule is CC(C)(C)OC(=O)CCN(CCO)C(=O)Nc1ccc(Br)cc1F. The van der Waals surface area contributed by atoms with Crippen LogP contribution in [-0.2, 0) is 9.53 Å². The summed E-state index contributed by atoms with van der Waals surface area (Å²) in [6, 6.07) is 3.64. The zero-order valence-electron chi connectivity index (χ0n) is 13.9. The van der Waals surface area contributed by atoms with Crippen LogP contribution in [0.2, 0.25) is 0 Å². The van der Waals surface area contributed by atoms with Crippen LogP contribution in [0.5, 0.6) is 0 Å². The average molecular weight is 405 g/mol. The summed E-state index contributed by atoms with van der Waals surface area (Å²) >= 11 is 3.13. The first-order chi connectivity index (χ1) is 11.1. The molecular formula is C16H22BrFN2O4. The highest BCUT2D eigenvalue weighted by atomic mass is 79.9. The zero-order valence-corrected chi connectivity index (χ0v) is 15.5. The van der Waals surface area contributed by atoms with Crippen molar-refractivity contribution in [2.75, 3.05) is 25.0 Å². The lowest BCUT2D eigenvalue weighted by atomic mass is 10.2. The Morgan fingerprint density at radius 1 is 1.33 bits per heavy atom. The van der Waals surface area contributed by atoms with E-state index in [0.717, 1.165) is 0 Å². The largest absolute Gasteiger partial charge is 0.460 e. The Morgan fingerprint density at radius 3 is 2.54 bits per heavy atom. The van der Waals surface area contributed by atoms with Crippen LogP contribution < -0.4 is 5.32 Å². The summed E-state index contributed by atoms with van der Waals surface area (Å²) < 4.78 is 19.5. The van der Waals surface area contributed by atoms with Crippen molar-refractivity contribution in [3.8, 4) is 0 Å². The van der Waals surface area contributed by atoms with E-state index in [1.54, 1.807) is 26.8 Å². The van der Waals surface area contributed by atoms with E-state index in [0.29, 0.717) is 4.47 Å². The number of aliphatic hydroxyl groups is 1. The van der Waals surface area contributed by atoms with Crippen LogP contribution in [0.1, 0.15) is 27.2 Å². The van der Waals surface area contributed by atoms with Crippen molar-refractivity contribution in [3.05, 3.63) is 28.5 Å². The molecule has 0 radical (unpaired) electrons. The van der Waals surface area contributed by atoms with Crippen LogP contribution in [0.4, 0.5) is 14.9 Å². The molecule has 0 saturated heterocycles. The molecule has 2 amide bonds. The average Bonchev–Trinajstić information content (AvgIpc) is 2.44. The fraction of sp³-hybridized carbons (Fsp3) is 0.500. The second-order valence-corrected chi connectivity index (χ2v) is 7.02. The van der Waals surface area contributed by atoms with Gasteiger partial charge in [-0.25, -0.2) is 9.18 Å². The van der Waals surface area contributed by atoms with Gasteiger partial charge in [0.15, 0.2) is 0 Å². The summed E-state index contributed by atoms with van der Waals surface area (Å²) in [7, 11) is 0. The first-order valence-electron chi connectivity index (χ1n) is 7.46. The Labute approximate surface area is 149 Å². The van der Waals surface area contributed by atoms with Crippen LogP contribution in [0.15, 0.2) is 22.7 Å². The van der Waals surface area contributed by atoms with Crippen LogP contribution >= 0.6 is 15.9 Å². The Hall–Kier alpha value is -1.67. The predicted octanol–water partition coefficient (Wildman–Crippen LogP) is 3.15. The highest BCUT2D eigenvalue weighted by Crippen LogP contribution is 2.19. The van der Waals surface area contributed by atoms with Gasteiger partial charge in [0.25, 0.3) is 0 Å². The van der Waals surface area contributed by atoms with Gasteiger partial charge in [0.1, 0.15) is 11.4 Å². The van der Waals surface area contributed by atoms with E-state index in [-0.39, 0.29) is 31.8 Å². The number of halogens is 2. The van der Waals surface area contributed by atoms with Gasteiger partial charge in [-0.2, -0.15) is 0 Å². The smallest absolute Gasteiger partial charge is 0.322 e. The van der Waals surface area contributed by atoms with Crippen LogP contribution in [0, 0.1) is 5.82 Å². The molecule has 1 rings (SSSR count). The molecule has 2 N–H and O–H groups in total.